The van der Waals surface area contributed by atoms with Gasteiger partial charge < -0.3 is 66.5 Å². The van der Waals surface area contributed by atoms with Crippen molar-refractivity contribution in [3.8, 4) is 0 Å². The van der Waals surface area contributed by atoms with Crippen molar-refractivity contribution < 1.29 is 70.8 Å². The van der Waals surface area contributed by atoms with Gasteiger partial charge in [0, 0.05) is 103 Å². The maximum atomic E-state index is 13.1. The van der Waals surface area contributed by atoms with E-state index in [-0.39, 0.29) is 13.1 Å². The lowest BCUT2D eigenvalue weighted by molar-refractivity contribution is -0.253. The molecule has 83 heavy (non-hydrogen) atoms. The fourth-order valence-corrected chi connectivity index (χ4v) is 8.74. The van der Waals surface area contributed by atoms with Gasteiger partial charge in [0.15, 0.2) is 12.6 Å². The molecular formula is C57H77FN12O13. The van der Waals surface area contributed by atoms with Crippen LogP contribution in [-0.2, 0) is 58.3 Å². The monoisotopic (exact) mass is 1160 g/mol. The number of amides is 1. The molecular weight excluding hydrogens is 1080 g/mol. The lowest BCUT2D eigenvalue weighted by Crippen LogP contribution is -2.64. The number of halogens is 1. The van der Waals surface area contributed by atoms with Gasteiger partial charge in [0.25, 0.3) is 0 Å². The zero-order valence-electron chi connectivity index (χ0n) is 46.8. The fraction of sp³-hybridized carbons (Fsp3) is 0.439. The van der Waals surface area contributed by atoms with Crippen molar-refractivity contribution in [2.24, 2.45) is 5.73 Å². The van der Waals surface area contributed by atoms with E-state index in [1.54, 1.807) is 37.2 Å². The molecule has 25 nitrogen and oxygen atoms in total. The highest BCUT2D eigenvalue weighted by Crippen LogP contribution is 2.21. The predicted molar refractivity (Wildman–Crippen MR) is 299 cm³/mol. The molecule has 6 aromatic rings. The second-order valence-electron chi connectivity index (χ2n) is 19.3. The molecule has 8 heterocycles. The number of nitrogens with two attached hydrogens (primary N) is 1. The molecule has 10 atom stereocenters. The van der Waals surface area contributed by atoms with E-state index < -0.39 is 93.5 Å². The number of carboxylic acid groups (broad SMARTS) is 1. The average Bonchev–Trinajstić information content (AvgIpc) is 3.71. The highest BCUT2D eigenvalue weighted by molar-refractivity contribution is 5.78. The summed E-state index contributed by atoms with van der Waals surface area (Å²) in [6.45, 7) is 4.61. The van der Waals surface area contributed by atoms with Gasteiger partial charge in [-0.05, 0) is 72.8 Å². The summed E-state index contributed by atoms with van der Waals surface area (Å²) in [7, 11) is -1.00. The number of aliphatic carboxylic acids is 1. The number of aliphatic hydroxyl groups is 8. The Balaban J connectivity index is 0.000000254. The van der Waals surface area contributed by atoms with Crippen LogP contribution < -0.4 is 11.1 Å². The van der Waals surface area contributed by atoms with E-state index in [4.69, 9.17) is 26.8 Å². The zero-order valence-corrected chi connectivity index (χ0v) is 45.8. The Kier molecular flexibility index (Phi) is 28.9. The van der Waals surface area contributed by atoms with Gasteiger partial charge in [0.05, 0.1) is 75.0 Å². The van der Waals surface area contributed by atoms with E-state index in [0.29, 0.717) is 65.4 Å². The SMILES string of the molecule is NC1[C@@H](O)[C@H](O)C(CO)O[C@@H]1O.O=C(CN(CCN(Cc1ccccn1)Cc1ccccn1)Cc1ccccn1)N[C@@H]1[C@@H](O)[C@H](O)[C@@H](CO)O[C@@H]1O.O=C(O)CN(CCN(Cc1ccccn1)Cc1ccccn1)Cc1ccccn1.[2H]CF. The number of alkyl halides is 1. The van der Waals surface area contributed by atoms with Gasteiger partial charge in [0.1, 0.15) is 42.7 Å². The molecule has 0 bridgehead atoms. The van der Waals surface area contributed by atoms with Crippen LogP contribution in [0.3, 0.4) is 0 Å². The first kappa shape index (κ1) is 65.3. The molecule has 2 fully saturated rings. The number of rotatable bonds is 25. The van der Waals surface area contributed by atoms with Crippen molar-refractivity contribution in [3.05, 3.63) is 181 Å². The van der Waals surface area contributed by atoms with Crippen LogP contribution in [0, 0.1) is 0 Å². The van der Waals surface area contributed by atoms with Gasteiger partial charge in [0.2, 0.25) is 5.91 Å². The van der Waals surface area contributed by atoms with Crippen LogP contribution >= 0.6 is 0 Å². The molecule has 2 aliphatic rings. The maximum absolute atomic E-state index is 13.1. The predicted octanol–water partition coefficient (Wildman–Crippen LogP) is -0.917. The Hall–Kier alpha value is -6.83. The van der Waals surface area contributed by atoms with Crippen LogP contribution in [0.15, 0.2) is 146 Å². The quantitative estimate of drug-likeness (QED) is 0.0330. The molecule has 0 radical (unpaired) electrons. The Morgan fingerprint density at radius 1 is 0.506 bits per heavy atom. The number of aromatic nitrogens is 6. The number of nitrogens with zero attached hydrogens (tertiary/aromatic N) is 10. The number of pyridine rings is 6. The van der Waals surface area contributed by atoms with E-state index in [2.05, 4.69) is 45.0 Å². The number of carbonyl (C=O) groups excluding carboxylic acids is 1. The molecule has 0 aliphatic carbocycles. The van der Waals surface area contributed by atoms with Crippen molar-refractivity contribution in [3.63, 3.8) is 0 Å². The molecule has 2 saturated heterocycles. The summed E-state index contributed by atoms with van der Waals surface area (Å²) < 4.78 is 25.4. The topological polar surface area (TPSA) is 363 Å². The van der Waals surface area contributed by atoms with Crippen LogP contribution in [0.25, 0.3) is 0 Å². The van der Waals surface area contributed by atoms with Crippen LogP contribution in [0.1, 0.15) is 35.5 Å². The molecule has 2 unspecified atom stereocenters. The van der Waals surface area contributed by atoms with Gasteiger partial charge in [-0.25, -0.2) is 0 Å². The Morgan fingerprint density at radius 3 is 1.12 bits per heavy atom. The summed E-state index contributed by atoms with van der Waals surface area (Å²) in [4.78, 5) is 59.1. The number of carbonyl (C=O) groups is 2. The second-order valence-corrected chi connectivity index (χ2v) is 19.3. The number of nitrogens with one attached hydrogen (secondary N) is 1. The van der Waals surface area contributed by atoms with Crippen LogP contribution in [0.2, 0.25) is 0 Å². The highest BCUT2D eigenvalue weighted by Gasteiger charge is 2.44. The Morgan fingerprint density at radius 2 is 0.807 bits per heavy atom. The van der Waals surface area contributed by atoms with Gasteiger partial charge in [-0.3, -0.25) is 63.5 Å². The van der Waals surface area contributed by atoms with Crippen molar-refractivity contribution in [1.82, 2.24) is 54.8 Å². The molecule has 450 valence electrons. The van der Waals surface area contributed by atoms with Gasteiger partial charge in [-0.2, -0.15) is 0 Å². The van der Waals surface area contributed by atoms with Crippen molar-refractivity contribution in [2.45, 2.75) is 101 Å². The minimum absolute atomic E-state index is 0.0302. The molecule has 6 aromatic heterocycles. The van der Waals surface area contributed by atoms with Crippen LogP contribution in [-0.4, -0.2) is 228 Å². The molecule has 12 N–H and O–H groups in total. The molecule has 0 spiro atoms. The summed E-state index contributed by atoms with van der Waals surface area (Å²) in [5.74, 6) is -1.32. The third-order valence-electron chi connectivity index (χ3n) is 13.0. The Bertz CT molecular complexity index is 2620. The minimum Gasteiger partial charge on any atom is -0.480 e. The largest absolute Gasteiger partial charge is 0.480 e. The van der Waals surface area contributed by atoms with Gasteiger partial charge >= 0.3 is 5.97 Å². The molecule has 8 rings (SSSR count). The standard InChI is InChI=1S/C28H36N6O6.C22H25N5O2.C6H13NO5.CH3F/c35-19-23-26(37)27(38)25(28(39)40-23)32-24(36)18-34(17-22-9-3-6-12-31-22)14-13-33(15-20-7-1-4-10-29-20)16-21-8-2-5-11-30-21;28-22(29)18-27(17-21-9-3-6-12-25-21)14-13-26(15-19-7-1-4-10-23-19)16-20-8-2-5-11-24-20;7-3-5(10)4(9)2(1-8)12-6(3)11;1-2/h1-12,23,25-28,35,37-39H,13-19H2,(H,32,36);1-12H,13-18H2,(H,28,29);2-6,8-11H,1,7H2;1H3/t23-,25-,26-,27-,28+;;2?,3?,4-,5-,6+;/m1.1./s1/i;;;1D. The van der Waals surface area contributed by atoms with E-state index >= 15 is 0 Å². The first-order valence-corrected chi connectivity index (χ1v) is 26.6. The minimum atomic E-state index is -1.59. The average molecular weight is 1160 g/mol. The summed E-state index contributed by atoms with van der Waals surface area (Å²) in [6, 6.07) is 32.2. The molecule has 2 aliphatic heterocycles. The van der Waals surface area contributed by atoms with E-state index in [1.165, 1.54) is 0 Å². The van der Waals surface area contributed by atoms with E-state index in [1.807, 2.05) is 119 Å². The number of ether oxygens (including phenoxy) is 2. The molecule has 26 heteroatoms. The number of hydrogen-bond acceptors (Lipinski definition) is 23. The first-order chi connectivity index (χ1) is 40.6. The third kappa shape index (κ3) is 23.4. The maximum Gasteiger partial charge on any atom is 0.317 e. The molecule has 0 aromatic carbocycles. The summed E-state index contributed by atoms with van der Waals surface area (Å²) >= 11 is 0. The van der Waals surface area contributed by atoms with Crippen molar-refractivity contribution >= 4 is 11.9 Å². The fourth-order valence-electron chi connectivity index (χ4n) is 8.74. The van der Waals surface area contributed by atoms with Gasteiger partial charge in [-0.15, -0.1) is 0 Å². The number of aliphatic hydroxyl groups excluding tert-OH is 8. The molecule has 1 amide bonds. The van der Waals surface area contributed by atoms with E-state index in [9.17, 15) is 49.7 Å². The van der Waals surface area contributed by atoms with Crippen LogP contribution in [0.5, 0.6) is 0 Å². The number of hydrogen-bond donors (Lipinski definition) is 11. The normalized spacial score (nSPS) is 22.3. The Labute approximate surface area is 482 Å². The third-order valence-corrected chi connectivity index (χ3v) is 13.0. The lowest BCUT2D eigenvalue weighted by Gasteiger charge is -2.40. The summed E-state index contributed by atoms with van der Waals surface area (Å²) in [5.41, 5.74) is 10.7. The van der Waals surface area contributed by atoms with E-state index in [0.717, 1.165) is 34.2 Å². The molecule has 0 saturated carbocycles. The highest BCUT2D eigenvalue weighted by atomic mass is 19.1. The summed E-state index contributed by atoms with van der Waals surface area (Å²) in [6.07, 6.45) is -0.0777. The van der Waals surface area contributed by atoms with Crippen LogP contribution in [0.4, 0.5) is 4.39 Å². The van der Waals surface area contributed by atoms with Crippen molar-refractivity contribution in [2.75, 3.05) is 59.6 Å². The number of carboxylic acids is 1. The smallest absolute Gasteiger partial charge is 0.317 e. The second kappa shape index (κ2) is 36.7. The lowest BCUT2D eigenvalue weighted by atomic mass is 9.97. The zero-order chi connectivity index (χ0) is 60.6. The summed E-state index contributed by atoms with van der Waals surface area (Å²) in [5, 5.41) is 88.1. The van der Waals surface area contributed by atoms with Gasteiger partial charge in [-0.1, -0.05) is 36.4 Å². The van der Waals surface area contributed by atoms with Crippen molar-refractivity contribution in [1.29, 1.82) is 0 Å². The first-order valence-electron chi connectivity index (χ1n) is 27.3.